The molecule has 20 heavy (non-hydrogen) atoms. The molecule has 0 aliphatic rings. The zero-order valence-corrected chi connectivity index (χ0v) is 10.7. The first-order chi connectivity index (χ1) is 9.43. The Morgan fingerprint density at radius 3 is 2.75 bits per heavy atom. The average Bonchev–Trinajstić information content (AvgIpc) is 2.40. The molecule has 0 aliphatic heterocycles. The normalized spacial score (nSPS) is 11.6. The SMILES string of the molecule is COc1cc(NC(=O)NCC[C@H](O)C(=O)O)ccc1F. The molecule has 2 amide bonds. The van der Waals surface area contributed by atoms with Gasteiger partial charge in [-0.25, -0.2) is 14.0 Å². The molecule has 4 N–H and O–H groups in total. The molecule has 7 nitrogen and oxygen atoms in total. The molecule has 0 spiro atoms. The van der Waals surface area contributed by atoms with E-state index in [1.54, 1.807) is 0 Å². The third kappa shape index (κ3) is 4.73. The van der Waals surface area contributed by atoms with Crippen molar-refractivity contribution in [3.8, 4) is 5.75 Å². The second-order valence-electron chi connectivity index (χ2n) is 3.87. The lowest BCUT2D eigenvalue weighted by atomic mass is 10.2. The number of rotatable bonds is 6. The lowest BCUT2D eigenvalue weighted by Crippen LogP contribution is -2.33. The van der Waals surface area contributed by atoms with Crippen molar-refractivity contribution in [1.29, 1.82) is 0 Å². The number of nitrogens with one attached hydrogen (secondary N) is 2. The maximum Gasteiger partial charge on any atom is 0.332 e. The molecule has 110 valence electrons. The second kappa shape index (κ2) is 7.29. The molecule has 0 bridgehead atoms. The fourth-order valence-electron chi connectivity index (χ4n) is 1.36. The van der Waals surface area contributed by atoms with Gasteiger partial charge in [0.25, 0.3) is 0 Å². The largest absolute Gasteiger partial charge is 0.494 e. The highest BCUT2D eigenvalue weighted by atomic mass is 19.1. The molecule has 1 aromatic rings. The molecule has 1 rings (SSSR count). The topological polar surface area (TPSA) is 108 Å². The minimum absolute atomic E-state index is 0.0101. The first-order valence-corrected chi connectivity index (χ1v) is 5.73. The van der Waals surface area contributed by atoms with Crippen LogP contribution in [0.3, 0.4) is 0 Å². The summed E-state index contributed by atoms with van der Waals surface area (Å²) >= 11 is 0. The lowest BCUT2D eigenvalue weighted by Gasteiger charge is -2.10. The zero-order chi connectivity index (χ0) is 15.1. The molecule has 8 heteroatoms. The van der Waals surface area contributed by atoms with Crippen LogP contribution in [0.15, 0.2) is 18.2 Å². The number of anilines is 1. The van der Waals surface area contributed by atoms with Gasteiger partial charge in [-0.2, -0.15) is 0 Å². The average molecular weight is 286 g/mol. The molecule has 0 radical (unpaired) electrons. The summed E-state index contributed by atoms with van der Waals surface area (Å²) in [5.74, 6) is -1.91. The summed E-state index contributed by atoms with van der Waals surface area (Å²) in [6.07, 6.45) is -1.64. The molecule has 0 heterocycles. The van der Waals surface area contributed by atoms with E-state index in [9.17, 15) is 14.0 Å². The van der Waals surface area contributed by atoms with E-state index in [2.05, 4.69) is 10.6 Å². The van der Waals surface area contributed by atoms with E-state index in [4.69, 9.17) is 14.9 Å². The molecular weight excluding hydrogens is 271 g/mol. The number of hydrogen-bond donors (Lipinski definition) is 4. The smallest absolute Gasteiger partial charge is 0.332 e. The first-order valence-electron chi connectivity index (χ1n) is 5.73. The molecule has 1 aromatic carbocycles. The Morgan fingerprint density at radius 1 is 1.45 bits per heavy atom. The molecule has 0 saturated carbocycles. The Balaban J connectivity index is 2.44. The summed E-state index contributed by atoms with van der Waals surface area (Å²) in [5.41, 5.74) is 0.319. The molecular formula is C12H15FN2O5. The monoisotopic (exact) mass is 286 g/mol. The molecule has 0 unspecified atom stereocenters. The van der Waals surface area contributed by atoms with Gasteiger partial charge in [-0.15, -0.1) is 0 Å². The standard InChI is InChI=1S/C12H15FN2O5/c1-20-10-6-7(2-3-8(10)13)15-12(19)14-5-4-9(16)11(17)18/h2-3,6,9,16H,4-5H2,1H3,(H,17,18)(H2,14,15,19)/t9-/m0/s1. The number of aliphatic carboxylic acids is 1. The van der Waals surface area contributed by atoms with Crippen LogP contribution in [-0.2, 0) is 4.79 Å². The van der Waals surface area contributed by atoms with Gasteiger partial charge in [0.2, 0.25) is 0 Å². The predicted molar refractivity (Wildman–Crippen MR) is 68.2 cm³/mol. The highest BCUT2D eigenvalue weighted by molar-refractivity contribution is 5.89. The summed E-state index contributed by atoms with van der Waals surface area (Å²) in [6, 6.07) is 3.20. The number of urea groups is 1. The van der Waals surface area contributed by atoms with Gasteiger partial charge in [0.05, 0.1) is 7.11 Å². The summed E-state index contributed by atoms with van der Waals surface area (Å²) < 4.78 is 17.9. The van der Waals surface area contributed by atoms with Crippen molar-refractivity contribution in [3.05, 3.63) is 24.0 Å². The third-order valence-electron chi connectivity index (χ3n) is 2.40. The minimum Gasteiger partial charge on any atom is -0.494 e. The van der Waals surface area contributed by atoms with Crippen molar-refractivity contribution in [1.82, 2.24) is 5.32 Å². The third-order valence-corrected chi connectivity index (χ3v) is 2.40. The van der Waals surface area contributed by atoms with Gasteiger partial charge in [-0.05, 0) is 12.1 Å². The summed E-state index contributed by atoms with van der Waals surface area (Å²) in [6.45, 7) is -0.0162. The number of amides is 2. The summed E-state index contributed by atoms with van der Waals surface area (Å²) in [7, 11) is 1.30. The van der Waals surface area contributed by atoms with E-state index < -0.39 is 23.9 Å². The van der Waals surface area contributed by atoms with E-state index in [0.717, 1.165) is 6.07 Å². The van der Waals surface area contributed by atoms with Gasteiger partial charge in [-0.3, -0.25) is 0 Å². The van der Waals surface area contributed by atoms with Crippen LogP contribution in [-0.4, -0.2) is 42.0 Å². The lowest BCUT2D eigenvalue weighted by molar-refractivity contribution is -0.146. The summed E-state index contributed by atoms with van der Waals surface area (Å²) in [5, 5.41) is 22.2. The number of carbonyl (C=O) groups is 2. The fourth-order valence-corrected chi connectivity index (χ4v) is 1.36. The van der Waals surface area contributed by atoms with Gasteiger partial charge in [-0.1, -0.05) is 0 Å². The van der Waals surface area contributed by atoms with Gasteiger partial charge >= 0.3 is 12.0 Å². The molecule has 1 atom stereocenters. The number of halogens is 1. The van der Waals surface area contributed by atoms with Crippen LogP contribution in [0.5, 0.6) is 5.75 Å². The van der Waals surface area contributed by atoms with Crippen LogP contribution in [0.25, 0.3) is 0 Å². The van der Waals surface area contributed by atoms with Gasteiger partial charge < -0.3 is 25.6 Å². The number of hydrogen-bond acceptors (Lipinski definition) is 4. The Bertz CT molecular complexity index is 495. The van der Waals surface area contributed by atoms with Crippen molar-refractivity contribution < 1.29 is 28.9 Å². The number of aliphatic hydroxyl groups is 1. The van der Waals surface area contributed by atoms with Crippen molar-refractivity contribution in [2.75, 3.05) is 19.0 Å². The zero-order valence-electron chi connectivity index (χ0n) is 10.7. The number of carboxylic acid groups (broad SMARTS) is 1. The van der Waals surface area contributed by atoms with Crippen molar-refractivity contribution in [2.45, 2.75) is 12.5 Å². The van der Waals surface area contributed by atoms with E-state index >= 15 is 0 Å². The van der Waals surface area contributed by atoms with Crippen LogP contribution >= 0.6 is 0 Å². The van der Waals surface area contributed by atoms with Crippen molar-refractivity contribution >= 4 is 17.7 Å². The highest BCUT2D eigenvalue weighted by Crippen LogP contribution is 2.21. The van der Waals surface area contributed by atoms with Crippen LogP contribution < -0.4 is 15.4 Å². The van der Waals surface area contributed by atoms with E-state index in [0.29, 0.717) is 5.69 Å². The minimum atomic E-state index is -1.53. The number of carbonyl (C=O) groups excluding carboxylic acids is 1. The summed E-state index contributed by atoms with van der Waals surface area (Å²) in [4.78, 5) is 21.8. The van der Waals surface area contributed by atoms with Gasteiger partial charge in [0.15, 0.2) is 17.7 Å². The van der Waals surface area contributed by atoms with Crippen molar-refractivity contribution in [3.63, 3.8) is 0 Å². The molecule has 0 aliphatic carbocycles. The molecule has 0 aromatic heterocycles. The Morgan fingerprint density at radius 2 is 2.15 bits per heavy atom. The van der Waals surface area contributed by atoms with E-state index in [1.165, 1.54) is 19.2 Å². The Labute approximate surface area is 114 Å². The van der Waals surface area contributed by atoms with E-state index in [1.807, 2.05) is 0 Å². The van der Waals surface area contributed by atoms with Gasteiger partial charge in [0.1, 0.15) is 0 Å². The van der Waals surface area contributed by atoms with Crippen LogP contribution in [0.4, 0.5) is 14.9 Å². The molecule has 0 saturated heterocycles. The number of methoxy groups -OCH3 is 1. The quantitative estimate of drug-likeness (QED) is 0.618. The van der Waals surface area contributed by atoms with Crippen LogP contribution in [0.2, 0.25) is 0 Å². The van der Waals surface area contributed by atoms with Gasteiger partial charge in [0, 0.05) is 24.7 Å². The van der Waals surface area contributed by atoms with Crippen molar-refractivity contribution in [2.24, 2.45) is 0 Å². The first kappa shape index (κ1) is 15.7. The number of aliphatic hydroxyl groups excluding tert-OH is 1. The number of benzene rings is 1. The maximum absolute atomic E-state index is 13.1. The Kier molecular flexibility index (Phi) is 5.73. The Hall–Kier alpha value is -2.35. The number of ether oxygens (including phenoxy) is 1. The van der Waals surface area contributed by atoms with Crippen LogP contribution in [0, 0.1) is 5.82 Å². The predicted octanol–water partition coefficient (Wildman–Crippen LogP) is 0.791. The van der Waals surface area contributed by atoms with E-state index in [-0.39, 0.29) is 18.7 Å². The maximum atomic E-state index is 13.1. The molecule has 0 fully saturated rings. The second-order valence-corrected chi connectivity index (χ2v) is 3.87. The number of carboxylic acids is 1. The fraction of sp³-hybridized carbons (Fsp3) is 0.333. The van der Waals surface area contributed by atoms with Crippen LogP contribution in [0.1, 0.15) is 6.42 Å². The highest BCUT2D eigenvalue weighted by Gasteiger charge is 2.13.